The summed E-state index contributed by atoms with van der Waals surface area (Å²) in [6.45, 7) is 1.90. The topological polar surface area (TPSA) is 67.5 Å². The van der Waals surface area contributed by atoms with Crippen LogP contribution in [0.3, 0.4) is 0 Å². The zero-order valence-electron chi connectivity index (χ0n) is 11.2. The maximum Gasteiger partial charge on any atom is 0.353 e. The number of hydrogen-bond acceptors (Lipinski definition) is 4. The van der Waals surface area contributed by atoms with E-state index in [-0.39, 0.29) is 16.2 Å². The average Bonchev–Trinajstić information content (AvgIpc) is 2.45. The molecule has 0 aliphatic heterocycles. The van der Waals surface area contributed by atoms with Gasteiger partial charge in [-0.3, -0.25) is 0 Å². The van der Waals surface area contributed by atoms with E-state index < -0.39 is 16.4 Å². The van der Waals surface area contributed by atoms with E-state index in [0.717, 1.165) is 5.56 Å². The zero-order valence-corrected chi connectivity index (χ0v) is 12.0. The SMILES string of the molecule is Cc1cccc(S(=O)c2cc3ccc(O)cc3oc2=O)c1. The van der Waals surface area contributed by atoms with Crippen LogP contribution in [0.15, 0.2) is 67.5 Å². The molecule has 1 atom stereocenters. The van der Waals surface area contributed by atoms with Gasteiger partial charge in [0, 0.05) is 16.3 Å². The Bertz CT molecular complexity index is 912. The Hall–Kier alpha value is -2.40. The van der Waals surface area contributed by atoms with Gasteiger partial charge in [-0.25, -0.2) is 9.00 Å². The van der Waals surface area contributed by atoms with Crippen molar-refractivity contribution in [1.29, 1.82) is 0 Å². The summed E-state index contributed by atoms with van der Waals surface area (Å²) >= 11 is 0. The summed E-state index contributed by atoms with van der Waals surface area (Å²) in [4.78, 5) is 12.7. The molecule has 106 valence electrons. The monoisotopic (exact) mass is 300 g/mol. The first kappa shape index (κ1) is 13.6. The molecule has 1 N–H and O–H groups in total. The molecule has 4 nitrogen and oxygen atoms in total. The number of aromatic hydroxyl groups is 1. The van der Waals surface area contributed by atoms with Crippen LogP contribution in [0.4, 0.5) is 0 Å². The average molecular weight is 300 g/mol. The van der Waals surface area contributed by atoms with Crippen LogP contribution in [0.1, 0.15) is 5.56 Å². The highest BCUT2D eigenvalue weighted by Gasteiger charge is 2.14. The number of hydrogen-bond donors (Lipinski definition) is 1. The predicted molar refractivity (Wildman–Crippen MR) is 80.0 cm³/mol. The highest BCUT2D eigenvalue weighted by atomic mass is 32.2. The number of phenolic OH excluding ortho intramolecular Hbond substituents is 1. The summed E-state index contributed by atoms with van der Waals surface area (Å²) in [5.41, 5.74) is 0.578. The lowest BCUT2D eigenvalue weighted by molar-refractivity contribution is 0.472. The Morgan fingerprint density at radius 2 is 1.90 bits per heavy atom. The van der Waals surface area contributed by atoms with E-state index in [1.165, 1.54) is 12.1 Å². The molecule has 0 saturated carbocycles. The third-order valence-electron chi connectivity index (χ3n) is 3.09. The van der Waals surface area contributed by atoms with Crippen molar-refractivity contribution in [2.45, 2.75) is 16.7 Å². The Morgan fingerprint density at radius 3 is 2.67 bits per heavy atom. The lowest BCUT2D eigenvalue weighted by atomic mass is 10.2. The fourth-order valence-corrected chi connectivity index (χ4v) is 3.24. The van der Waals surface area contributed by atoms with Crippen molar-refractivity contribution in [1.82, 2.24) is 0 Å². The number of benzene rings is 2. The minimum absolute atomic E-state index is 0.0122. The number of rotatable bonds is 2. The highest BCUT2D eigenvalue weighted by Crippen LogP contribution is 2.22. The van der Waals surface area contributed by atoms with Crippen molar-refractivity contribution < 1.29 is 13.7 Å². The lowest BCUT2D eigenvalue weighted by Gasteiger charge is -2.04. The summed E-state index contributed by atoms with van der Waals surface area (Å²) < 4.78 is 17.7. The van der Waals surface area contributed by atoms with Crippen molar-refractivity contribution in [2.24, 2.45) is 0 Å². The van der Waals surface area contributed by atoms with Crippen LogP contribution in [-0.2, 0) is 10.8 Å². The first-order chi connectivity index (χ1) is 10.0. The molecule has 3 rings (SSSR count). The molecule has 0 fully saturated rings. The Labute approximate surface area is 123 Å². The van der Waals surface area contributed by atoms with Crippen LogP contribution in [0.25, 0.3) is 11.0 Å². The number of aryl methyl sites for hydroxylation is 1. The Morgan fingerprint density at radius 1 is 1.10 bits per heavy atom. The standard InChI is InChI=1S/C16H12O4S/c1-10-3-2-4-13(7-10)21(19)15-8-11-5-6-12(17)9-14(11)20-16(15)18/h2-9,17H,1H3. The quantitative estimate of drug-likeness (QED) is 0.739. The normalized spacial score (nSPS) is 12.4. The first-order valence-electron chi connectivity index (χ1n) is 6.30. The van der Waals surface area contributed by atoms with E-state index in [2.05, 4.69) is 0 Å². The van der Waals surface area contributed by atoms with Crippen LogP contribution >= 0.6 is 0 Å². The minimum Gasteiger partial charge on any atom is -0.508 e. The molecule has 0 spiro atoms. The number of phenols is 1. The molecule has 3 aromatic rings. The van der Waals surface area contributed by atoms with Gasteiger partial charge in [-0.05, 0) is 42.8 Å². The first-order valence-corrected chi connectivity index (χ1v) is 7.45. The van der Waals surface area contributed by atoms with E-state index in [1.54, 1.807) is 30.3 Å². The Balaban J connectivity index is 2.16. The van der Waals surface area contributed by atoms with Crippen molar-refractivity contribution in [3.63, 3.8) is 0 Å². The van der Waals surface area contributed by atoms with Gasteiger partial charge in [-0.2, -0.15) is 0 Å². The van der Waals surface area contributed by atoms with Crippen molar-refractivity contribution in [3.8, 4) is 5.75 Å². The van der Waals surface area contributed by atoms with Gasteiger partial charge < -0.3 is 9.52 Å². The maximum atomic E-state index is 12.5. The van der Waals surface area contributed by atoms with Gasteiger partial charge in [0.2, 0.25) is 0 Å². The molecule has 1 aromatic heterocycles. The second kappa shape index (κ2) is 5.18. The van der Waals surface area contributed by atoms with Crippen molar-refractivity contribution in [3.05, 3.63) is 64.5 Å². The molecule has 5 heteroatoms. The van der Waals surface area contributed by atoms with Gasteiger partial charge in [-0.15, -0.1) is 0 Å². The predicted octanol–water partition coefficient (Wildman–Crippen LogP) is 2.97. The van der Waals surface area contributed by atoms with Crippen LogP contribution in [0.5, 0.6) is 5.75 Å². The summed E-state index contributed by atoms with van der Waals surface area (Å²) in [7, 11) is -1.60. The van der Waals surface area contributed by atoms with Crippen LogP contribution in [-0.4, -0.2) is 9.32 Å². The van der Waals surface area contributed by atoms with Gasteiger partial charge in [0.25, 0.3) is 0 Å². The Kier molecular flexibility index (Phi) is 3.35. The lowest BCUT2D eigenvalue weighted by Crippen LogP contribution is -2.09. The second-order valence-corrected chi connectivity index (χ2v) is 6.15. The molecule has 0 aliphatic carbocycles. The van der Waals surface area contributed by atoms with Gasteiger partial charge >= 0.3 is 5.63 Å². The highest BCUT2D eigenvalue weighted by molar-refractivity contribution is 7.85. The number of fused-ring (bicyclic) bond motifs is 1. The molecule has 0 amide bonds. The van der Waals surface area contributed by atoms with Gasteiger partial charge in [0.15, 0.2) is 0 Å². The maximum absolute atomic E-state index is 12.5. The fraction of sp³-hybridized carbons (Fsp3) is 0.0625. The second-order valence-electron chi connectivity index (χ2n) is 4.71. The van der Waals surface area contributed by atoms with E-state index in [0.29, 0.717) is 10.3 Å². The van der Waals surface area contributed by atoms with E-state index in [9.17, 15) is 14.1 Å². The summed E-state index contributed by atoms with van der Waals surface area (Å²) in [5, 5.41) is 10.0. The van der Waals surface area contributed by atoms with Crippen LogP contribution < -0.4 is 5.63 Å². The molecule has 0 saturated heterocycles. The molecule has 0 aliphatic rings. The summed E-state index contributed by atoms with van der Waals surface area (Å²) in [6, 6.07) is 13.2. The largest absolute Gasteiger partial charge is 0.508 e. The third-order valence-corrected chi connectivity index (χ3v) is 4.46. The van der Waals surface area contributed by atoms with Crippen LogP contribution in [0, 0.1) is 6.92 Å². The van der Waals surface area contributed by atoms with Gasteiger partial charge in [-0.1, -0.05) is 12.1 Å². The molecule has 1 heterocycles. The van der Waals surface area contributed by atoms with Gasteiger partial charge in [0.05, 0.1) is 10.8 Å². The van der Waals surface area contributed by atoms with E-state index in [1.807, 2.05) is 13.0 Å². The van der Waals surface area contributed by atoms with Crippen molar-refractivity contribution in [2.75, 3.05) is 0 Å². The van der Waals surface area contributed by atoms with Gasteiger partial charge in [0.1, 0.15) is 16.2 Å². The third kappa shape index (κ3) is 2.60. The van der Waals surface area contributed by atoms with E-state index in [4.69, 9.17) is 4.42 Å². The molecule has 0 bridgehead atoms. The molecule has 2 aromatic carbocycles. The summed E-state index contributed by atoms with van der Waals surface area (Å²) in [6.07, 6.45) is 0. The molecular weight excluding hydrogens is 288 g/mol. The molecule has 1 unspecified atom stereocenters. The molecule has 0 radical (unpaired) electrons. The molecular formula is C16H12O4S. The fourth-order valence-electron chi connectivity index (χ4n) is 2.07. The smallest absolute Gasteiger partial charge is 0.353 e. The molecule has 21 heavy (non-hydrogen) atoms. The zero-order chi connectivity index (χ0) is 15.0. The van der Waals surface area contributed by atoms with Crippen molar-refractivity contribution >= 4 is 21.8 Å². The minimum atomic E-state index is -1.60. The summed E-state index contributed by atoms with van der Waals surface area (Å²) in [5.74, 6) is 0.0122. The van der Waals surface area contributed by atoms with E-state index >= 15 is 0 Å². The van der Waals surface area contributed by atoms with Crippen LogP contribution in [0.2, 0.25) is 0 Å².